The van der Waals surface area contributed by atoms with Gasteiger partial charge in [0.2, 0.25) is 0 Å². The van der Waals surface area contributed by atoms with Crippen molar-refractivity contribution in [2.24, 2.45) is 101 Å². The predicted molar refractivity (Wildman–Crippen MR) is 652 cm³/mol. The molecule has 10 saturated carbocycles. The molecule has 0 atom stereocenters. The van der Waals surface area contributed by atoms with Crippen molar-refractivity contribution in [2.75, 3.05) is 24.7 Å². The SMILES string of the molecule is C.C1C2CC3CC1CC(C2)C3.C1CC1.C1CCC1.C1CCCC1.C1CCCC1.C1CCCCC1.C1CCCCCC1.C1CCOC1.C1CCSC1.CC(C)C.CC(C)C.CC(C)C.CC(C)C.CC(C)C.CC(C)C.CC(C)C.CC(C)C.CC(C)C.CC(C)C.CC(C)C.CC(C)C.CC(C)C1c2ccccc2-c2ccccc21.c1ccc2c(c1)CC2.c1ccc2ccccc2c1.c1ccccc1. The van der Waals surface area contributed by atoms with E-state index in [4.69, 9.17) is 4.74 Å². The molecule has 814 valence electrons. The lowest BCUT2D eigenvalue weighted by atomic mass is 9.56. The number of ether oxygens (including phenoxy) is 1. The van der Waals surface area contributed by atoms with Gasteiger partial charge in [0.25, 0.3) is 0 Å². The fraction of sp³-hybridized carbons (Fsp3) is 0.752. The van der Waals surface area contributed by atoms with Crippen LogP contribution in [0.3, 0.4) is 0 Å². The van der Waals surface area contributed by atoms with E-state index in [0.717, 1.165) is 84.2 Å². The van der Waals surface area contributed by atoms with Gasteiger partial charge in [0.1, 0.15) is 0 Å². The van der Waals surface area contributed by atoms with Gasteiger partial charge < -0.3 is 4.74 Å². The average molecular weight is 1950 g/mol. The predicted octanol–water partition coefficient (Wildman–Crippen LogP) is 48.2. The standard InChI is InChI=1S/C16H16.C10H16.C10H8.C8H8.C7H14.C6H12.C6H6.2C5H10.C4H8O.C4H8S.C4H8.12C4H10.C3H6.CH4/c1-11(2)16-14-9-5-3-7-12(14)13-8-4-6-10-15(13)16;1-7-2-9-4-8(1)5-10(3-7)6-9;1-2-6-10-8-4-3-7-9(10)5-1;1-2-4-8-6-5-7(8)3-1;1-2-4-6-7-5-3-1;2*1-2-4-6-5-3-1;4*1-2-4-5-3-1;1-2-4-3-1;12*1-4(2)3;1-2-3-1;/h3-11,16H,1-2H3;7-10H,1-6H2;1-8H;1-4H,5-6H2;1-7H2;1-6H2;1-6H;2*1-5H2;2*1-4H2;1-4H2;12*4H,1-3H3;1-3H2;1H4. The van der Waals surface area contributed by atoms with Crippen molar-refractivity contribution in [3.63, 3.8) is 0 Å². The summed E-state index contributed by atoms with van der Waals surface area (Å²) in [4.78, 5) is 0. The molecule has 12 aliphatic carbocycles. The van der Waals surface area contributed by atoms with Crippen LogP contribution in [0.2, 0.25) is 0 Å². The highest BCUT2D eigenvalue weighted by Gasteiger charge is 2.42. The molecule has 0 N–H and O–H groups in total. The lowest BCUT2D eigenvalue weighted by Gasteiger charge is -2.49. The van der Waals surface area contributed by atoms with E-state index < -0.39 is 0 Å². The van der Waals surface area contributed by atoms with Gasteiger partial charge in [-0.25, -0.2) is 0 Å². The lowest BCUT2D eigenvalue weighted by molar-refractivity contribution is 0.0198. The summed E-state index contributed by atoms with van der Waals surface area (Å²) in [6, 6.07) is 55.0. The second-order valence-corrected chi connectivity index (χ2v) is 50.8. The smallest absolute Gasteiger partial charge is 0.0466 e. The van der Waals surface area contributed by atoms with E-state index in [1.165, 1.54) is 299 Å². The molecule has 14 aliphatic rings. The molecule has 4 bridgehead atoms. The number of fused-ring (bicyclic) bond motifs is 5. The molecular formula is C137H254OS. The van der Waals surface area contributed by atoms with Gasteiger partial charge in [-0.2, -0.15) is 11.8 Å². The van der Waals surface area contributed by atoms with Crippen molar-refractivity contribution in [3.8, 4) is 11.1 Å². The molecule has 2 heteroatoms. The van der Waals surface area contributed by atoms with Gasteiger partial charge in [0, 0.05) is 19.1 Å². The van der Waals surface area contributed by atoms with E-state index in [1.54, 1.807) is 49.7 Å². The van der Waals surface area contributed by atoms with Gasteiger partial charge in [0.15, 0.2) is 0 Å². The highest BCUT2D eigenvalue weighted by atomic mass is 32.2. The van der Waals surface area contributed by atoms with E-state index in [1.807, 2.05) is 36.4 Å². The summed E-state index contributed by atoms with van der Waals surface area (Å²) in [5.41, 5.74) is 8.95. The van der Waals surface area contributed by atoms with Crippen LogP contribution < -0.4 is 0 Å². The van der Waals surface area contributed by atoms with Gasteiger partial charge in [-0.15, -0.1) is 0 Å². The molecule has 20 rings (SSSR count). The Labute approximate surface area is 883 Å². The van der Waals surface area contributed by atoms with E-state index in [9.17, 15) is 0 Å². The third-order valence-corrected chi connectivity index (χ3v) is 21.6. The molecule has 6 aromatic carbocycles. The minimum Gasteiger partial charge on any atom is -0.381 e. The molecule has 0 spiro atoms. The summed E-state index contributed by atoms with van der Waals surface area (Å²) in [6.07, 6.45) is 62.7. The molecular weight excluding hydrogens is 1690 g/mol. The Hall–Kier alpha value is -4.11. The van der Waals surface area contributed by atoms with Crippen LogP contribution in [0.4, 0.5) is 0 Å². The van der Waals surface area contributed by atoms with Crippen LogP contribution in [0, 0.1) is 101 Å². The second kappa shape index (κ2) is 108. The minimum absolute atomic E-state index is 0. The summed E-state index contributed by atoms with van der Waals surface area (Å²) >= 11 is 2.07. The number of rotatable bonds is 1. The molecule has 2 heterocycles. The zero-order chi connectivity index (χ0) is 105. The first-order valence-corrected chi connectivity index (χ1v) is 60.4. The van der Waals surface area contributed by atoms with Crippen molar-refractivity contribution in [1.82, 2.24) is 0 Å². The number of thioether (sulfide) groups is 1. The molecule has 2 aliphatic heterocycles. The van der Waals surface area contributed by atoms with Crippen LogP contribution in [0.15, 0.2) is 158 Å². The van der Waals surface area contributed by atoms with E-state index in [-0.39, 0.29) is 7.43 Å². The normalized spacial score (nSPS) is 17.7. The quantitative estimate of drug-likeness (QED) is 0.152. The van der Waals surface area contributed by atoms with Crippen LogP contribution in [0.25, 0.3) is 21.9 Å². The Morgan fingerprint density at radius 2 is 0.353 bits per heavy atom. The monoisotopic (exact) mass is 1950 g/mol. The molecule has 0 unspecified atom stereocenters. The van der Waals surface area contributed by atoms with Crippen molar-refractivity contribution < 1.29 is 4.74 Å². The lowest BCUT2D eigenvalue weighted by Crippen LogP contribution is -2.38. The van der Waals surface area contributed by atoms with Crippen molar-refractivity contribution in [2.45, 2.75) is 546 Å². The number of benzene rings is 6. The molecule has 0 amide bonds. The van der Waals surface area contributed by atoms with Crippen LogP contribution in [0.1, 0.15) is 556 Å². The maximum Gasteiger partial charge on any atom is 0.0466 e. The summed E-state index contributed by atoms with van der Waals surface area (Å²) < 4.78 is 4.94. The molecule has 12 fully saturated rings. The first kappa shape index (κ1) is 148. The number of aryl methyl sites for hydroxylation is 2. The first-order chi connectivity index (χ1) is 65.4. The van der Waals surface area contributed by atoms with E-state index in [0.29, 0.717) is 11.8 Å². The van der Waals surface area contributed by atoms with Crippen LogP contribution in [-0.2, 0) is 17.6 Å². The largest absolute Gasteiger partial charge is 0.381 e. The highest BCUT2D eigenvalue weighted by Crippen LogP contribution is 2.53. The Bertz CT molecular complexity index is 2770. The summed E-state index contributed by atoms with van der Waals surface area (Å²) in [5, 5.41) is 2.62. The summed E-state index contributed by atoms with van der Waals surface area (Å²) in [5.74, 6) is 18.8. The molecule has 0 aromatic heterocycles. The summed E-state index contributed by atoms with van der Waals surface area (Å²) in [7, 11) is 0. The van der Waals surface area contributed by atoms with Gasteiger partial charge in [0.05, 0.1) is 0 Å². The Kier molecular flexibility index (Phi) is 115. The van der Waals surface area contributed by atoms with E-state index in [2.05, 4.69) is 396 Å². The van der Waals surface area contributed by atoms with Gasteiger partial charge in [-0.05, 0) is 233 Å². The van der Waals surface area contributed by atoms with Crippen LogP contribution in [0.5, 0.6) is 0 Å². The minimum atomic E-state index is 0. The number of hydrogen-bond acceptors (Lipinski definition) is 2. The second-order valence-electron chi connectivity index (χ2n) is 49.6. The highest BCUT2D eigenvalue weighted by molar-refractivity contribution is 7.99. The topological polar surface area (TPSA) is 9.23 Å². The van der Waals surface area contributed by atoms with Gasteiger partial charge in [-0.3, -0.25) is 0 Å². The van der Waals surface area contributed by atoms with Crippen LogP contribution in [-0.4, -0.2) is 24.7 Å². The number of hydrogen-bond donors (Lipinski definition) is 0. The zero-order valence-corrected chi connectivity index (χ0v) is 102. The third kappa shape index (κ3) is 126. The molecule has 1 nitrogen and oxygen atoms in total. The Morgan fingerprint density at radius 3 is 0.482 bits per heavy atom. The van der Waals surface area contributed by atoms with Gasteiger partial charge >= 0.3 is 0 Å². The molecule has 0 radical (unpaired) electrons. The van der Waals surface area contributed by atoms with E-state index >= 15 is 0 Å². The molecule has 2 saturated heterocycles. The summed E-state index contributed by atoms with van der Waals surface area (Å²) in [6.45, 7) is 84.6. The van der Waals surface area contributed by atoms with Crippen molar-refractivity contribution >= 4 is 22.5 Å². The van der Waals surface area contributed by atoms with Crippen molar-refractivity contribution in [1.29, 1.82) is 0 Å². The molecule has 6 aromatic rings. The van der Waals surface area contributed by atoms with Crippen molar-refractivity contribution in [3.05, 3.63) is 180 Å². The fourth-order valence-corrected chi connectivity index (χ4v) is 15.9. The Balaban J connectivity index is -0.000000265. The zero-order valence-electron chi connectivity index (χ0n) is 101. The fourth-order valence-electron chi connectivity index (χ4n) is 14.9. The maximum atomic E-state index is 4.94. The van der Waals surface area contributed by atoms with Crippen LogP contribution >= 0.6 is 11.8 Å². The average Bonchev–Trinajstić information content (AvgIpc) is 1.60. The molecule has 139 heavy (non-hydrogen) atoms. The van der Waals surface area contributed by atoms with Gasteiger partial charge in [-0.1, -0.05) is 621 Å². The first-order valence-electron chi connectivity index (χ1n) is 59.2. The Morgan fingerprint density at radius 1 is 0.194 bits per heavy atom. The maximum absolute atomic E-state index is 4.94. The third-order valence-electron chi connectivity index (χ3n) is 20.4.